The Kier molecular flexibility index (Phi) is 4.41. The number of carbonyl (C=O) groups excluding carboxylic acids is 1. The van der Waals surface area contributed by atoms with E-state index >= 15 is 0 Å². The second-order valence-corrected chi connectivity index (χ2v) is 7.08. The van der Waals surface area contributed by atoms with Gasteiger partial charge >= 0.3 is 0 Å². The molecule has 1 aliphatic rings. The quantitative estimate of drug-likeness (QED) is 0.854. The fourth-order valence-corrected chi connectivity index (χ4v) is 3.27. The molecule has 116 valence electrons. The molecule has 1 fully saturated rings. The van der Waals surface area contributed by atoms with Crippen LogP contribution in [0.5, 0.6) is 5.75 Å². The van der Waals surface area contributed by atoms with Crippen molar-refractivity contribution in [3.05, 3.63) is 24.3 Å². The number of nitrogens with zero attached hydrogens (tertiary/aromatic N) is 1. The summed E-state index contributed by atoms with van der Waals surface area (Å²) >= 11 is 0. The average molecular weight is 312 g/mol. The smallest absolute Gasteiger partial charge is 0.243 e. The molecule has 1 unspecified atom stereocenters. The molecule has 2 rings (SSSR count). The van der Waals surface area contributed by atoms with Gasteiger partial charge in [0, 0.05) is 12.1 Å². The lowest BCUT2D eigenvalue weighted by molar-refractivity contribution is -0.121. The lowest BCUT2D eigenvalue weighted by Crippen LogP contribution is -2.48. The van der Waals surface area contributed by atoms with E-state index in [0.29, 0.717) is 11.4 Å². The number of anilines is 1. The Morgan fingerprint density at radius 2 is 2.10 bits per heavy atom. The second-order valence-electron chi connectivity index (χ2n) is 5.22. The fourth-order valence-electron chi connectivity index (χ4n) is 2.11. The maximum Gasteiger partial charge on any atom is 0.243 e. The number of carbonyl (C=O) groups is 1. The number of methoxy groups -OCH3 is 1. The van der Waals surface area contributed by atoms with Crippen LogP contribution in [0.15, 0.2) is 24.3 Å². The first kappa shape index (κ1) is 15.6. The molecule has 0 spiro atoms. The Balaban J connectivity index is 2.31. The van der Waals surface area contributed by atoms with Crippen molar-refractivity contribution in [2.24, 2.45) is 0 Å². The Morgan fingerprint density at radius 1 is 1.43 bits per heavy atom. The Morgan fingerprint density at radius 3 is 2.62 bits per heavy atom. The number of benzene rings is 1. The van der Waals surface area contributed by atoms with Gasteiger partial charge in [-0.2, -0.15) is 0 Å². The van der Waals surface area contributed by atoms with Crippen LogP contribution in [0.25, 0.3) is 0 Å². The van der Waals surface area contributed by atoms with Gasteiger partial charge in [-0.15, -0.1) is 0 Å². The molecule has 1 aliphatic carbocycles. The van der Waals surface area contributed by atoms with E-state index < -0.39 is 16.1 Å². The minimum atomic E-state index is -3.59. The van der Waals surface area contributed by atoms with E-state index in [1.54, 1.807) is 31.2 Å². The molecule has 6 nitrogen and oxygen atoms in total. The molecule has 0 radical (unpaired) electrons. The molecule has 1 amide bonds. The van der Waals surface area contributed by atoms with E-state index in [-0.39, 0.29) is 11.9 Å². The zero-order valence-corrected chi connectivity index (χ0v) is 13.2. The third kappa shape index (κ3) is 3.87. The van der Waals surface area contributed by atoms with Gasteiger partial charge in [-0.3, -0.25) is 9.10 Å². The number of hydrogen-bond acceptors (Lipinski definition) is 4. The summed E-state index contributed by atoms with van der Waals surface area (Å²) in [6.45, 7) is 1.58. The molecule has 0 aliphatic heterocycles. The van der Waals surface area contributed by atoms with Crippen molar-refractivity contribution < 1.29 is 17.9 Å². The third-order valence-electron chi connectivity index (χ3n) is 3.32. The first-order valence-corrected chi connectivity index (χ1v) is 8.61. The summed E-state index contributed by atoms with van der Waals surface area (Å²) in [6.07, 6.45) is 3.00. The van der Waals surface area contributed by atoms with E-state index in [0.717, 1.165) is 23.4 Å². The minimum absolute atomic E-state index is 0.187. The third-order valence-corrected chi connectivity index (χ3v) is 4.56. The maximum atomic E-state index is 12.2. The summed E-state index contributed by atoms with van der Waals surface area (Å²) in [5.41, 5.74) is 0.412. The van der Waals surface area contributed by atoms with Gasteiger partial charge in [0.25, 0.3) is 0 Å². The highest BCUT2D eigenvalue weighted by Crippen LogP contribution is 2.26. The number of sulfonamides is 1. The highest BCUT2D eigenvalue weighted by molar-refractivity contribution is 7.92. The van der Waals surface area contributed by atoms with Crippen molar-refractivity contribution in [1.82, 2.24) is 5.32 Å². The molecular weight excluding hydrogens is 292 g/mol. The molecule has 7 heteroatoms. The topological polar surface area (TPSA) is 75.7 Å². The molecule has 1 N–H and O–H groups in total. The fraction of sp³-hybridized carbons (Fsp3) is 0.500. The van der Waals surface area contributed by atoms with Gasteiger partial charge < -0.3 is 10.1 Å². The number of nitrogens with one attached hydrogen (secondary N) is 1. The summed E-state index contributed by atoms with van der Waals surface area (Å²) < 4.78 is 30.4. The summed E-state index contributed by atoms with van der Waals surface area (Å²) in [4.78, 5) is 12.2. The highest BCUT2D eigenvalue weighted by Gasteiger charge is 2.32. The number of amides is 1. The highest BCUT2D eigenvalue weighted by atomic mass is 32.2. The first-order valence-electron chi connectivity index (χ1n) is 6.77. The molecule has 21 heavy (non-hydrogen) atoms. The number of ether oxygens (including phenoxy) is 1. The predicted molar refractivity (Wildman–Crippen MR) is 80.9 cm³/mol. The first-order chi connectivity index (χ1) is 9.82. The van der Waals surface area contributed by atoms with Gasteiger partial charge in [0.15, 0.2) is 0 Å². The van der Waals surface area contributed by atoms with Crippen LogP contribution in [0.4, 0.5) is 5.69 Å². The molecule has 1 aromatic rings. The van der Waals surface area contributed by atoms with Crippen molar-refractivity contribution in [1.29, 1.82) is 0 Å². The lowest BCUT2D eigenvalue weighted by Gasteiger charge is -2.28. The summed E-state index contributed by atoms with van der Waals surface area (Å²) in [5, 5.41) is 2.83. The zero-order valence-electron chi connectivity index (χ0n) is 12.4. The molecular formula is C14H20N2O4S. The Bertz CT molecular complexity index is 626. The van der Waals surface area contributed by atoms with Gasteiger partial charge in [0.1, 0.15) is 11.8 Å². The average Bonchev–Trinajstić information content (AvgIpc) is 3.21. The molecule has 0 saturated heterocycles. The van der Waals surface area contributed by atoms with E-state index in [1.807, 2.05) is 0 Å². The predicted octanol–water partition coefficient (Wildman–Crippen LogP) is 1.13. The molecule has 1 atom stereocenters. The van der Waals surface area contributed by atoms with Crippen LogP contribution in [0, 0.1) is 0 Å². The monoisotopic (exact) mass is 312 g/mol. The van der Waals surface area contributed by atoms with Gasteiger partial charge in [-0.1, -0.05) is 6.07 Å². The van der Waals surface area contributed by atoms with Crippen molar-refractivity contribution in [3.63, 3.8) is 0 Å². The van der Waals surface area contributed by atoms with Gasteiger partial charge in [-0.05, 0) is 31.9 Å². The van der Waals surface area contributed by atoms with Crippen LogP contribution in [-0.4, -0.2) is 39.8 Å². The van der Waals surface area contributed by atoms with Crippen LogP contribution in [0.3, 0.4) is 0 Å². The van der Waals surface area contributed by atoms with Crippen molar-refractivity contribution in [2.75, 3.05) is 17.7 Å². The molecule has 0 heterocycles. The minimum Gasteiger partial charge on any atom is -0.497 e. The van der Waals surface area contributed by atoms with Crippen LogP contribution in [-0.2, 0) is 14.8 Å². The number of hydrogen-bond donors (Lipinski definition) is 1. The van der Waals surface area contributed by atoms with Crippen molar-refractivity contribution in [3.8, 4) is 5.75 Å². The Hall–Kier alpha value is -1.76. The molecule has 0 bridgehead atoms. The van der Waals surface area contributed by atoms with Crippen LogP contribution in [0.1, 0.15) is 19.8 Å². The van der Waals surface area contributed by atoms with Crippen molar-refractivity contribution in [2.45, 2.75) is 31.8 Å². The van der Waals surface area contributed by atoms with Crippen LogP contribution < -0.4 is 14.4 Å². The lowest BCUT2D eigenvalue weighted by atomic mass is 10.2. The van der Waals surface area contributed by atoms with Gasteiger partial charge in [0.2, 0.25) is 15.9 Å². The van der Waals surface area contributed by atoms with Crippen LogP contribution in [0.2, 0.25) is 0 Å². The summed E-state index contributed by atoms with van der Waals surface area (Å²) in [7, 11) is -2.08. The Labute approximate surface area is 125 Å². The van der Waals surface area contributed by atoms with Crippen molar-refractivity contribution >= 4 is 21.6 Å². The zero-order chi connectivity index (χ0) is 15.6. The molecule has 0 aromatic heterocycles. The van der Waals surface area contributed by atoms with E-state index in [2.05, 4.69) is 5.32 Å². The largest absolute Gasteiger partial charge is 0.497 e. The van der Waals surface area contributed by atoms with Gasteiger partial charge in [-0.25, -0.2) is 8.42 Å². The summed E-state index contributed by atoms with van der Waals surface area (Å²) in [6, 6.07) is 6.03. The summed E-state index contributed by atoms with van der Waals surface area (Å²) in [5.74, 6) is 0.252. The molecule has 1 aromatic carbocycles. The molecule has 1 saturated carbocycles. The normalized spacial score (nSPS) is 16.1. The van der Waals surface area contributed by atoms with E-state index in [9.17, 15) is 13.2 Å². The van der Waals surface area contributed by atoms with Gasteiger partial charge in [0.05, 0.1) is 19.1 Å². The second kappa shape index (κ2) is 5.93. The maximum absolute atomic E-state index is 12.2. The number of rotatable bonds is 6. The van der Waals surface area contributed by atoms with E-state index in [1.165, 1.54) is 7.11 Å². The van der Waals surface area contributed by atoms with E-state index in [4.69, 9.17) is 4.74 Å². The SMILES string of the molecule is COc1cccc(N(C(C)C(=O)NC2CC2)S(C)(=O)=O)c1. The standard InChI is InChI=1S/C14H20N2O4S/c1-10(14(17)15-11-7-8-11)16(21(3,18)19)12-5-4-6-13(9-12)20-2/h4-6,9-11H,7-8H2,1-3H3,(H,15,17). The van der Waals surface area contributed by atoms with Crippen LogP contribution >= 0.6 is 0 Å².